The maximum absolute atomic E-state index is 13.1. The molecule has 5 rings (SSSR count). The maximum atomic E-state index is 13.1. The minimum Gasteiger partial charge on any atom is -0.497 e. The summed E-state index contributed by atoms with van der Waals surface area (Å²) in [6.45, 7) is 2.87. The van der Waals surface area contributed by atoms with Gasteiger partial charge in [-0.2, -0.15) is 7.14 Å². The molecule has 2 radical (unpaired) electrons. The molecule has 0 saturated heterocycles. The Bertz CT molecular complexity index is 923. The van der Waals surface area contributed by atoms with E-state index in [1.165, 1.54) is 102 Å². The first-order valence-corrected chi connectivity index (χ1v) is 16.8. The largest absolute Gasteiger partial charge is 0.497 e. The summed E-state index contributed by atoms with van der Waals surface area (Å²) in [6.07, 6.45) is 21.7. The first kappa shape index (κ1) is 26.0. The van der Waals surface area contributed by atoms with Gasteiger partial charge in [0.05, 0.1) is 7.11 Å². The van der Waals surface area contributed by atoms with Gasteiger partial charge in [-0.25, -0.2) is 5.46 Å². The molecular weight excluding hydrogens is 458 g/mol. The van der Waals surface area contributed by atoms with Crippen LogP contribution >= 0.6 is 7.14 Å². The number of methoxy groups -OCH3 is 1. The molecule has 0 amide bonds. The van der Waals surface area contributed by atoms with Crippen molar-refractivity contribution in [3.05, 3.63) is 59.7 Å². The molecule has 0 spiro atoms. The monoisotopic (exact) mass is 502 g/mol. The molecule has 192 valence electrons. The lowest BCUT2D eigenvalue weighted by atomic mass is 9.91. The van der Waals surface area contributed by atoms with Crippen LogP contribution in [0.3, 0.4) is 0 Å². The van der Waals surface area contributed by atoms with Crippen LogP contribution in [0.4, 0.5) is 0 Å². The van der Waals surface area contributed by atoms with Crippen LogP contribution in [0, 0.1) is 0 Å². The van der Waals surface area contributed by atoms with Crippen LogP contribution in [0.2, 0.25) is 0 Å². The van der Waals surface area contributed by atoms with Gasteiger partial charge in [0.15, 0.2) is 5.78 Å². The normalized spacial score (nSPS) is 20.8. The van der Waals surface area contributed by atoms with E-state index in [0.717, 1.165) is 33.9 Å². The van der Waals surface area contributed by atoms with Crippen molar-refractivity contribution in [3.63, 3.8) is 0 Å². The molecule has 36 heavy (non-hydrogen) atoms. The molecule has 3 saturated carbocycles. The van der Waals surface area contributed by atoms with Gasteiger partial charge >= 0.3 is 0 Å². The summed E-state index contributed by atoms with van der Waals surface area (Å²) in [4.78, 5) is 13.1. The summed E-state index contributed by atoms with van der Waals surface area (Å²) < 4.78 is 5.25. The van der Waals surface area contributed by atoms with Gasteiger partial charge in [-0.05, 0) is 108 Å². The lowest BCUT2D eigenvalue weighted by molar-refractivity contribution is 0.103. The van der Waals surface area contributed by atoms with Crippen molar-refractivity contribution in [3.8, 4) is 5.75 Å². The van der Waals surface area contributed by atoms with Crippen LogP contribution in [0.5, 0.6) is 5.75 Å². The summed E-state index contributed by atoms with van der Waals surface area (Å²) in [6, 6.07) is 16.2. The molecule has 3 aliphatic carbocycles. The first-order valence-electron chi connectivity index (χ1n) is 14.7. The summed E-state index contributed by atoms with van der Waals surface area (Å²) in [5, 5.41) is 0. The third-order valence-corrected chi connectivity index (χ3v) is 15.6. The molecule has 0 N–H and O–H groups in total. The van der Waals surface area contributed by atoms with Crippen molar-refractivity contribution in [2.75, 3.05) is 7.11 Å². The molecule has 0 unspecified atom stereocenters. The smallest absolute Gasteiger partial charge is 0.193 e. The van der Waals surface area contributed by atoms with Crippen LogP contribution in [0.1, 0.15) is 112 Å². The molecule has 0 bridgehead atoms. The van der Waals surface area contributed by atoms with Gasteiger partial charge in [-0.1, -0.05) is 43.5 Å². The van der Waals surface area contributed by atoms with Crippen LogP contribution in [0.15, 0.2) is 48.5 Å². The highest BCUT2D eigenvalue weighted by Gasteiger charge is 2.48. The molecule has 0 heterocycles. The predicted octanol–water partition coefficient (Wildman–Crippen LogP) is 8.19. The zero-order valence-electron chi connectivity index (χ0n) is 22.3. The standard InChI is InChI=1S/C32H44BO2P/c1-35-28-23-19-26(20-24-28)32(34)25-17-21-27(22-18-25)33-36(29-11-5-2-6-12-29,30-13-7-3-8-14-30)31-15-9-4-10-16-31/h17-24,29-31H,2-16H2,1H3. The Morgan fingerprint density at radius 1 is 0.639 bits per heavy atom. The van der Waals surface area contributed by atoms with Gasteiger partial charge in [0, 0.05) is 28.1 Å². The number of ether oxygens (including phenoxy) is 1. The number of carbonyl (C=O) groups excluding carboxylic acids is 1. The van der Waals surface area contributed by atoms with Gasteiger partial charge in [0.2, 0.25) is 0 Å². The molecule has 2 nitrogen and oxygen atoms in total. The summed E-state index contributed by atoms with van der Waals surface area (Å²) in [5.74, 6) is 0.877. The molecule has 3 aliphatic rings. The highest BCUT2D eigenvalue weighted by molar-refractivity contribution is 8.03. The number of rotatable bonds is 8. The molecule has 0 atom stereocenters. The van der Waals surface area contributed by atoms with Crippen molar-refractivity contribution >= 4 is 25.4 Å². The van der Waals surface area contributed by atoms with Gasteiger partial charge < -0.3 is 4.74 Å². The molecule has 3 fully saturated rings. The van der Waals surface area contributed by atoms with Crippen molar-refractivity contribution in [2.24, 2.45) is 0 Å². The number of ketones is 1. The summed E-state index contributed by atoms with van der Waals surface area (Å²) in [5.41, 5.74) is 5.72. The van der Waals surface area contributed by atoms with Gasteiger partial charge in [0.25, 0.3) is 0 Å². The number of hydrogen-bond donors (Lipinski definition) is 0. The Morgan fingerprint density at radius 2 is 1.03 bits per heavy atom. The molecule has 2 aromatic rings. The number of benzene rings is 2. The zero-order valence-corrected chi connectivity index (χ0v) is 23.2. The van der Waals surface area contributed by atoms with E-state index >= 15 is 0 Å². The van der Waals surface area contributed by atoms with E-state index in [1.807, 2.05) is 24.3 Å². The lowest BCUT2D eigenvalue weighted by Crippen LogP contribution is -2.42. The Hall–Kier alpha value is -1.60. The first-order chi connectivity index (χ1) is 17.7. The summed E-state index contributed by atoms with van der Waals surface area (Å²) >= 11 is 0. The van der Waals surface area contributed by atoms with Crippen LogP contribution < -0.4 is 10.2 Å². The second-order valence-electron chi connectivity index (χ2n) is 11.6. The minimum atomic E-state index is -1.27. The van der Waals surface area contributed by atoms with Crippen LogP contribution in [-0.2, 0) is 0 Å². The Kier molecular flexibility index (Phi) is 8.89. The van der Waals surface area contributed by atoms with E-state index in [1.54, 1.807) is 7.11 Å². The van der Waals surface area contributed by atoms with Crippen LogP contribution in [0.25, 0.3) is 0 Å². The third-order valence-electron chi connectivity index (χ3n) is 9.52. The van der Waals surface area contributed by atoms with Crippen molar-refractivity contribution in [1.82, 2.24) is 0 Å². The molecule has 2 aromatic carbocycles. The fraction of sp³-hybridized carbons (Fsp3) is 0.594. The summed E-state index contributed by atoms with van der Waals surface area (Å²) in [7, 11) is 0.381. The van der Waals surface area contributed by atoms with Crippen molar-refractivity contribution in [2.45, 2.75) is 113 Å². The van der Waals surface area contributed by atoms with Gasteiger partial charge in [0.1, 0.15) is 5.75 Å². The zero-order chi connectivity index (χ0) is 24.8. The lowest BCUT2D eigenvalue weighted by Gasteiger charge is -2.58. The van der Waals surface area contributed by atoms with E-state index in [9.17, 15) is 4.79 Å². The van der Waals surface area contributed by atoms with E-state index in [0.29, 0.717) is 0 Å². The topological polar surface area (TPSA) is 26.3 Å². The second kappa shape index (κ2) is 12.3. The third kappa shape index (κ3) is 5.62. The average Bonchev–Trinajstić information content (AvgIpc) is 2.97. The number of carbonyl (C=O) groups is 1. The Balaban J connectivity index is 1.43. The maximum Gasteiger partial charge on any atom is 0.193 e. The quantitative estimate of drug-likeness (QED) is 0.207. The van der Waals surface area contributed by atoms with E-state index < -0.39 is 7.14 Å². The average molecular weight is 502 g/mol. The Labute approximate surface area is 220 Å². The highest BCUT2D eigenvalue weighted by Crippen LogP contribution is 2.75. The van der Waals surface area contributed by atoms with Crippen molar-refractivity contribution in [1.29, 1.82) is 0 Å². The molecule has 4 heteroatoms. The molecular formula is C32H44BO2P. The minimum absolute atomic E-state index is 0.0945. The fourth-order valence-corrected chi connectivity index (χ4v) is 14.6. The highest BCUT2D eigenvalue weighted by atomic mass is 31.2. The van der Waals surface area contributed by atoms with E-state index in [-0.39, 0.29) is 5.78 Å². The molecule has 0 aliphatic heterocycles. The van der Waals surface area contributed by atoms with Crippen molar-refractivity contribution < 1.29 is 9.53 Å². The Morgan fingerprint density at radius 3 is 1.42 bits per heavy atom. The SMILES string of the molecule is COc1ccc(C(=O)c2ccc([B-][P+](C3CCCCC3)(C3CCCCC3)C3CCCCC3)cc2)cc1. The number of hydrogen-bond acceptors (Lipinski definition) is 2. The predicted molar refractivity (Wildman–Crippen MR) is 156 cm³/mol. The van der Waals surface area contributed by atoms with E-state index in [4.69, 9.17) is 4.74 Å². The van der Waals surface area contributed by atoms with Gasteiger partial charge in [-0.3, -0.25) is 4.79 Å². The second-order valence-corrected chi connectivity index (χ2v) is 15.8. The van der Waals surface area contributed by atoms with E-state index in [2.05, 4.69) is 31.3 Å². The fourth-order valence-electron chi connectivity index (χ4n) is 7.68. The molecule has 0 aromatic heterocycles. The van der Waals surface area contributed by atoms with Gasteiger partial charge in [-0.15, -0.1) is 0 Å². The van der Waals surface area contributed by atoms with Crippen LogP contribution in [-0.4, -0.2) is 36.9 Å².